The third-order valence-electron chi connectivity index (χ3n) is 2.90. The van der Waals surface area contributed by atoms with Crippen LogP contribution in [-0.4, -0.2) is 18.2 Å². The lowest BCUT2D eigenvalue weighted by Crippen LogP contribution is -2.33. The molecule has 10 heteroatoms. The standard InChI is InChI=1S/C15H10F3N3O2S2/c1-24-13-8(7-19)5-11(25-13)12(22)21-14(23)20-10-4-2-3-9(6-10)15(16,17)18/h2-6H,1H3,(H2,20,21,22,23). The molecule has 0 atom stereocenters. The number of thioether (sulfide) groups is 1. The Kier molecular flexibility index (Phi) is 5.71. The minimum absolute atomic E-state index is 0.103. The van der Waals surface area contributed by atoms with Gasteiger partial charge in [0.25, 0.3) is 5.91 Å². The molecule has 0 aliphatic rings. The van der Waals surface area contributed by atoms with Gasteiger partial charge in [0.05, 0.1) is 20.2 Å². The molecule has 1 aromatic heterocycles. The van der Waals surface area contributed by atoms with Gasteiger partial charge in [-0.25, -0.2) is 4.79 Å². The number of nitrogens with zero attached hydrogens (tertiary/aromatic N) is 1. The highest BCUT2D eigenvalue weighted by Crippen LogP contribution is 2.31. The lowest BCUT2D eigenvalue weighted by Gasteiger charge is -2.10. The number of thiophene rings is 1. The van der Waals surface area contributed by atoms with Crippen LogP contribution in [-0.2, 0) is 6.18 Å². The van der Waals surface area contributed by atoms with Crippen LogP contribution in [0.5, 0.6) is 0 Å². The second-order valence-corrected chi connectivity index (χ2v) is 6.74. The Morgan fingerprint density at radius 1 is 1.28 bits per heavy atom. The summed E-state index contributed by atoms with van der Waals surface area (Å²) >= 11 is 2.34. The van der Waals surface area contributed by atoms with Crippen molar-refractivity contribution < 1.29 is 22.8 Å². The first-order valence-electron chi connectivity index (χ1n) is 6.62. The Labute approximate surface area is 148 Å². The van der Waals surface area contributed by atoms with E-state index in [2.05, 4.69) is 5.32 Å². The lowest BCUT2D eigenvalue weighted by atomic mass is 10.2. The summed E-state index contributed by atoms with van der Waals surface area (Å²) in [4.78, 5) is 24.0. The van der Waals surface area contributed by atoms with Crippen LogP contribution >= 0.6 is 23.1 Å². The van der Waals surface area contributed by atoms with Crippen molar-refractivity contribution in [2.75, 3.05) is 11.6 Å². The molecular formula is C15H10F3N3O2S2. The zero-order chi connectivity index (χ0) is 18.6. The van der Waals surface area contributed by atoms with Crippen LogP contribution in [0.4, 0.5) is 23.7 Å². The number of alkyl halides is 3. The number of hydrogen-bond donors (Lipinski definition) is 2. The Hall–Kier alpha value is -2.51. The van der Waals surface area contributed by atoms with Gasteiger partial charge in [-0.1, -0.05) is 6.07 Å². The van der Waals surface area contributed by atoms with Gasteiger partial charge in [-0.3, -0.25) is 10.1 Å². The maximum absolute atomic E-state index is 12.6. The van der Waals surface area contributed by atoms with Gasteiger partial charge in [0.2, 0.25) is 0 Å². The van der Waals surface area contributed by atoms with Crippen molar-refractivity contribution in [1.82, 2.24) is 5.32 Å². The molecule has 0 saturated heterocycles. The number of urea groups is 1. The van der Waals surface area contributed by atoms with E-state index >= 15 is 0 Å². The second kappa shape index (κ2) is 7.58. The Balaban J connectivity index is 2.07. The quantitative estimate of drug-likeness (QED) is 0.771. The highest BCUT2D eigenvalue weighted by atomic mass is 32.2. The van der Waals surface area contributed by atoms with E-state index in [-0.39, 0.29) is 10.6 Å². The SMILES string of the molecule is CSc1sc(C(=O)NC(=O)Nc2cccc(C(F)(F)F)c2)cc1C#N. The van der Waals surface area contributed by atoms with Crippen LogP contribution in [0.2, 0.25) is 0 Å². The van der Waals surface area contributed by atoms with E-state index in [4.69, 9.17) is 5.26 Å². The first-order chi connectivity index (χ1) is 11.7. The second-order valence-electron chi connectivity index (χ2n) is 4.61. The molecule has 0 bridgehead atoms. The number of carbonyl (C=O) groups excluding carboxylic acids is 2. The normalized spacial score (nSPS) is 10.8. The molecule has 2 aromatic rings. The van der Waals surface area contributed by atoms with Crippen molar-refractivity contribution in [3.63, 3.8) is 0 Å². The lowest BCUT2D eigenvalue weighted by molar-refractivity contribution is -0.137. The molecule has 0 fully saturated rings. The smallest absolute Gasteiger partial charge is 0.308 e. The fraction of sp³-hybridized carbons (Fsp3) is 0.133. The monoisotopic (exact) mass is 385 g/mol. The summed E-state index contributed by atoms with van der Waals surface area (Å²) < 4.78 is 38.5. The van der Waals surface area contributed by atoms with E-state index in [9.17, 15) is 22.8 Å². The summed E-state index contributed by atoms with van der Waals surface area (Å²) in [7, 11) is 0. The number of nitrogens with one attached hydrogen (secondary N) is 2. The van der Waals surface area contributed by atoms with Crippen LogP contribution in [0.25, 0.3) is 0 Å². The molecular weight excluding hydrogens is 375 g/mol. The molecule has 2 rings (SSSR count). The molecule has 25 heavy (non-hydrogen) atoms. The molecule has 0 radical (unpaired) electrons. The van der Waals surface area contributed by atoms with Crippen LogP contribution < -0.4 is 10.6 Å². The third-order valence-corrected chi connectivity index (χ3v) is 5.17. The number of nitriles is 1. The van der Waals surface area contributed by atoms with E-state index in [1.165, 1.54) is 23.9 Å². The average molecular weight is 385 g/mol. The Morgan fingerprint density at radius 2 is 2.00 bits per heavy atom. The molecule has 0 spiro atoms. The molecule has 2 N–H and O–H groups in total. The van der Waals surface area contributed by atoms with Gasteiger partial charge in [-0.05, 0) is 30.5 Å². The van der Waals surface area contributed by atoms with Crippen molar-refractivity contribution in [3.8, 4) is 6.07 Å². The third kappa shape index (κ3) is 4.74. The average Bonchev–Trinajstić information content (AvgIpc) is 2.97. The summed E-state index contributed by atoms with van der Waals surface area (Å²) in [6.07, 6.45) is -2.79. The van der Waals surface area contributed by atoms with Gasteiger partial charge >= 0.3 is 12.2 Å². The van der Waals surface area contributed by atoms with E-state index in [1.807, 2.05) is 11.4 Å². The van der Waals surface area contributed by atoms with Gasteiger partial charge < -0.3 is 5.32 Å². The zero-order valence-electron chi connectivity index (χ0n) is 12.6. The summed E-state index contributed by atoms with van der Waals surface area (Å²) in [6.45, 7) is 0. The maximum atomic E-state index is 12.6. The first-order valence-corrected chi connectivity index (χ1v) is 8.66. The van der Waals surface area contributed by atoms with E-state index < -0.39 is 23.7 Å². The number of rotatable bonds is 3. The van der Waals surface area contributed by atoms with Gasteiger partial charge in [-0.15, -0.1) is 23.1 Å². The summed E-state index contributed by atoms with van der Waals surface area (Å²) in [5.41, 5.74) is -0.701. The van der Waals surface area contributed by atoms with E-state index in [0.29, 0.717) is 9.77 Å². The fourth-order valence-electron chi connectivity index (χ4n) is 1.82. The van der Waals surface area contributed by atoms with Crippen molar-refractivity contribution in [1.29, 1.82) is 5.26 Å². The number of anilines is 1. The Morgan fingerprint density at radius 3 is 2.56 bits per heavy atom. The number of amides is 3. The highest BCUT2D eigenvalue weighted by Gasteiger charge is 2.30. The number of benzene rings is 1. The summed E-state index contributed by atoms with van der Waals surface area (Å²) in [5, 5.41) is 13.1. The number of hydrogen-bond acceptors (Lipinski definition) is 5. The molecule has 0 aliphatic heterocycles. The first kappa shape index (κ1) is 18.8. The van der Waals surface area contributed by atoms with Crippen molar-refractivity contribution >= 4 is 40.7 Å². The predicted octanol–water partition coefficient (Wildman–Crippen LogP) is 4.32. The predicted molar refractivity (Wildman–Crippen MR) is 88.7 cm³/mol. The van der Waals surface area contributed by atoms with Crippen LogP contribution in [0.1, 0.15) is 20.8 Å². The summed E-state index contributed by atoms with van der Waals surface area (Å²) in [6, 6.07) is 6.36. The zero-order valence-corrected chi connectivity index (χ0v) is 14.2. The summed E-state index contributed by atoms with van der Waals surface area (Å²) in [5.74, 6) is -0.744. The highest BCUT2D eigenvalue weighted by molar-refractivity contribution is 8.00. The number of imide groups is 1. The topological polar surface area (TPSA) is 82.0 Å². The molecule has 1 heterocycles. The van der Waals surface area contributed by atoms with Crippen molar-refractivity contribution in [3.05, 3.63) is 46.3 Å². The fourth-order valence-corrected chi connectivity index (χ4v) is 3.48. The van der Waals surface area contributed by atoms with Gasteiger partial charge in [0, 0.05) is 5.69 Å². The maximum Gasteiger partial charge on any atom is 0.416 e. The van der Waals surface area contributed by atoms with Gasteiger partial charge in [0.15, 0.2) is 0 Å². The van der Waals surface area contributed by atoms with E-state index in [0.717, 1.165) is 29.5 Å². The van der Waals surface area contributed by atoms with Gasteiger partial charge in [-0.2, -0.15) is 18.4 Å². The Bertz CT molecular complexity index is 856. The molecule has 1 aromatic carbocycles. The minimum atomic E-state index is -4.54. The molecule has 130 valence electrons. The van der Waals surface area contributed by atoms with Crippen LogP contribution in [0, 0.1) is 11.3 Å². The van der Waals surface area contributed by atoms with Crippen molar-refractivity contribution in [2.24, 2.45) is 0 Å². The number of halogens is 3. The molecule has 3 amide bonds. The molecule has 0 aliphatic carbocycles. The van der Waals surface area contributed by atoms with Crippen molar-refractivity contribution in [2.45, 2.75) is 10.4 Å². The van der Waals surface area contributed by atoms with E-state index in [1.54, 1.807) is 6.26 Å². The largest absolute Gasteiger partial charge is 0.416 e. The molecule has 5 nitrogen and oxygen atoms in total. The minimum Gasteiger partial charge on any atom is -0.308 e. The van der Waals surface area contributed by atoms with Crippen LogP contribution in [0.3, 0.4) is 0 Å². The molecule has 0 saturated carbocycles. The number of carbonyl (C=O) groups is 2. The molecule has 0 unspecified atom stereocenters. The van der Waals surface area contributed by atoms with Crippen LogP contribution in [0.15, 0.2) is 34.5 Å². The van der Waals surface area contributed by atoms with Gasteiger partial charge in [0.1, 0.15) is 6.07 Å².